The Hall–Kier alpha value is -2.69. The van der Waals surface area contributed by atoms with Gasteiger partial charge in [0.15, 0.2) is 0 Å². The van der Waals surface area contributed by atoms with Crippen LogP contribution in [0.2, 0.25) is 0 Å². The standard InChI is InChI=1S/C46H77NO3/c1-3-5-7-9-11-13-15-17-19-21-23-25-27-29-31-33-35-37-39-41-45(49)44(43-48)47-46(50)42-40-38-36-34-32-30-28-26-24-22-20-18-16-14-12-10-8-6-4-2/h6,8,12,14,18,20,23-26,30-33,39,41,44-45,48-49H,3-5,7,9-11,13,15-17,19,21-22,27-29,34-38,40,42-43H2,1-2H3,(H,47,50)/b8-6-,14-12-,20-18-,25-23+,26-24-,32-30-,33-31+,41-39+. The van der Waals surface area contributed by atoms with Crippen molar-refractivity contribution in [2.75, 3.05) is 6.61 Å². The summed E-state index contributed by atoms with van der Waals surface area (Å²) in [6.07, 6.45) is 60.7. The van der Waals surface area contributed by atoms with Crippen LogP contribution in [-0.2, 0) is 4.79 Å². The molecule has 0 aliphatic carbocycles. The number of unbranched alkanes of at least 4 members (excludes halogenated alkanes) is 14. The van der Waals surface area contributed by atoms with E-state index in [1.165, 1.54) is 64.2 Å². The molecule has 3 N–H and O–H groups in total. The van der Waals surface area contributed by atoms with Crippen molar-refractivity contribution in [2.24, 2.45) is 0 Å². The summed E-state index contributed by atoms with van der Waals surface area (Å²) in [6.45, 7) is 4.14. The van der Waals surface area contributed by atoms with Crippen LogP contribution < -0.4 is 5.32 Å². The zero-order chi connectivity index (χ0) is 36.4. The van der Waals surface area contributed by atoms with Crippen molar-refractivity contribution in [1.82, 2.24) is 5.32 Å². The van der Waals surface area contributed by atoms with Gasteiger partial charge in [-0.25, -0.2) is 0 Å². The quantitative estimate of drug-likeness (QED) is 0.0458. The van der Waals surface area contributed by atoms with E-state index in [9.17, 15) is 15.0 Å². The maximum atomic E-state index is 12.3. The summed E-state index contributed by atoms with van der Waals surface area (Å²) in [5, 5.41) is 22.9. The molecule has 2 unspecified atom stereocenters. The summed E-state index contributed by atoms with van der Waals surface area (Å²) >= 11 is 0. The van der Waals surface area contributed by atoms with Crippen LogP contribution in [0.1, 0.15) is 168 Å². The van der Waals surface area contributed by atoms with Crippen LogP contribution in [0.5, 0.6) is 0 Å². The fourth-order valence-corrected chi connectivity index (χ4v) is 5.41. The molecular formula is C46H77NO3. The highest BCUT2D eigenvalue weighted by Gasteiger charge is 2.17. The Morgan fingerprint density at radius 2 is 0.900 bits per heavy atom. The molecule has 1 amide bonds. The Morgan fingerprint density at radius 1 is 0.500 bits per heavy atom. The highest BCUT2D eigenvalue weighted by atomic mass is 16.3. The van der Waals surface area contributed by atoms with Gasteiger partial charge in [0, 0.05) is 6.42 Å². The monoisotopic (exact) mass is 692 g/mol. The van der Waals surface area contributed by atoms with Crippen LogP contribution in [0.15, 0.2) is 97.2 Å². The van der Waals surface area contributed by atoms with Crippen molar-refractivity contribution < 1.29 is 15.0 Å². The lowest BCUT2D eigenvalue weighted by atomic mass is 10.1. The van der Waals surface area contributed by atoms with E-state index >= 15 is 0 Å². The molecule has 0 radical (unpaired) electrons. The van der Waals surface area contributed by atoms with E-state index in [1.807, 2.05) is 6.08 Å². The summed E-state index contributed by atoms with van der Waals surface area (Å²) in [7, 11) is 0. The third kappa shape index (κ3) is 36.6. The number of hydrogen-bond acceptors (Lipinski definition) is 3. The Kier molecular flexibility index (Phi) is 38.5. The average molecular weight is 692 g/mol. The molecule has 4 heteroatoms. The van der Waals surface area contributed by atoms with E-state index in [2.05, 4.69) is 104 Å². The van der Waals surface area contributed by atoms with Crippen molar-refractivity contribution >= 4 is 5.91 Å². The molecule has 0 aromatic heterocycles. The molecule has 0 aliphatic heterocycles. The Balaban J connectivity index is 3.79. The minimum absolute atomic E-state index is 0.114. The molecule has 4 nitrogen and oxygen atoms in total. The predicted octanol–water partition coefficient (Wildman–Crippen LogP) is 12.7. The first-order chi connectivity index (χ1) is 24.7. The van der Waals surface area contributed by atoms with Crippen molar-refractivity contribution in [3.8, 4) is 0 Å². The number of allylic oxidation sites excluding steroid dienone is 15. The minimum Gasteiger partial charge on any atom is -0.394 e. The van der Waals surface area contributed by atoms with E-state index in [1.54, 1.807) is 6.08 Å². The molecule has 0 aromatic rings. The number of carbonyl (C=O) groups is 1. The van der Waals surface area contributed by atoms with Crippen molar-refractivity contribution in [3.63, 3.8) is 0 Å². The third-order valence-corrected chi connectivity index (χ3v) is 8.53. The van der Waals surface area contributed by atoms with E-state index in [4.69, 9.17) is 0 Å². The van der Waals surface area contributed by atoms with Crippen LogP contribution in [0, 0.1) is 0 Å². The largest absolute Gasteiger partial charge is 0.394 e. The summed E-state index contributed by atoms with van der Waals surface area (Å²) in [5.41, 5.74) is 0. The summed E-state index contributed by atoms with van der Waals surface area (Å²) in [5.74, 6) is -0.114. The van der Waals surface area contributed by atoms with Gasteiger partial charge in [-0.2, -0.15) is 0 Å². The van der Waals surface area contributed by atoms with Gasteiger partial charge in [-0.15, -0.1) is 0 Å². The number of hydrogen-bond donors (Lipinski definition) is 3. The molecule has 2 atom stereocenters. The number of carbonyl (C=O) groups excluding carboxylic acids is 1. The molecular weight excluding hydrogens is 615 g/mol. The van der Waals surface area contributed by atoms with Gasteiger partial charge >= 0.3 is 0 Å². The number of rotatable bonds is 35. The zero-order valence-electron chi connectivity index (χ0n) is 32.4. The molecule has 0 bridgehead atoms. The Labute approximate surface area is 309 Å². The van der Waals surface area contributed by atoms with Crippen LogP contribution in [0.25, 0.3) is 0 Å². The zero-order valence-corrected chi connectivity index (χ0v) is 32.4. The smallest absolute Gasteiger partial charge is 0.220 e. The normalized spacial score (nSPS) is 14.1. The van der Waals surface area contributed by atoms with Gasteiger partial charge in [0.2, 0.25) is 5.91 Å². The first-order valence-corrected chi connectivity index (χ1v) is 20.5. The second-order valence-electron chi connectivity index (χ2n) is 13.3. The van der Waals surface area contributed by atoms with Crippen LogP contribution in [0.4, 0.5) is 0 Å². The van der Waals surface area contributed by atoms with E-state index in [0.29, 0.717) is 6.42 Å². The van der Waals surface area contributed by atoms with Gasteiger partial charge in [-0.1, -0.05) is 169 Å². The fourth-order valence-electron chi connectivity index (χ4n) is 5.41. The molecule has 284 valence electrons. The molecule has 50 heavy (non-hydrogen) atoms. The number of aliphatic hydroxyl groups excluding tert-OH is 2. The Morgan fingerprint density at radius 3 is 1.40 bits per heavy atom. The average Bonchev–Trinajstić information content (AvgIpc) is 3.12. The van der Waals surface area contributed by atoms with E-state index in [0.717, 1.165) is 83.5 Å². The molecule has 0 spiro atoms. The van der Waals surface area contributed by atoms with Crippen molar-refractivity contribution in [2.45, 2.75) is 180 Å². The lowest BCUT2D eigenvalue weighted by Crippen LogP contribution is -2.45. The van der Waals surface area contributed by atoms with Gasteiger partial charge in [0.05, 0.1) is 18.8 Å². The van der Waals surface area contributed by atoms with Crippen molar-refractivity contribution in [3.05, 3.63) is 97.2 Å². The van der Waals surface area contributed by atoms with Crippen LogP contribution >= 0.6 is 0 Å². The van der Waals surface area contributed by atoms with Crippen molar-refractivity contribution in [1.29, 1.82) is 0 Å². The molecule has 0 fully saturated rings. The summed E-state index contributed by atoms with van der Waals surface area (Å²) in [6, 6.07) is -0.669. The first-order valence-electron chi connectivity index (χ1n) is 20.5. The predicted molar refractivity (Wildman–Crippen MR) is 220 cm³/mol. The van der Waals surface area contributed by atoms with Crippen LogP contribution in [-0.4, -0.2) is 34.9 Å². The third-order valence-electron chi connectivity index (χ3n) is 8.53. The Bertz CT molecular complexity index is 968. The first kappa shape index (κ1) is 47.3. The molecule has 0 saturated carbocycles. The molecule has 0 aromatic carbocycles. The molecule has 0 aliphatic rings. The van der Waals surface area contributed by atoms with Gasteiger partial charge < -0.3 is 15.5 Å². The molecule has 0 saturated heterocycles. The topological polar surface area (TPSA) is 69.6 Å². The van der Waals surface area contributed by atoms with Gasteiger partial charge in [0.25, 0.3) is 0 Å². The lowest BCUT2D eigenvalue weighted by Gasteiger charge is -2.19. The lowest BCUT2D eigenvalue weighted by molar-refractivity contribution is -0.123. The fraction of sp³-hybridized carbons (Fsp3) is 0.630. The molecule has 0 heterocycles. The van der Waals surface area contributed by atoms with Gasteiger partial charge in [-0.3, -0.25) is 4.79 Å². The molecule has 0 rings (SSSR count). The van der Waals surface area contributed by atoms with Gasteiger partial charge in [0.1, 0.15) is 0 Å². The summed E-state index contributed by atoms with van der Waals surface area (Å²) in [4.78, 5) is 12.3. The van der Waals surface area contributed by atoms with Crippen LogP contribution in [0.3, 0.4) is 0 Å². The SMILES string of the molecule is CC/C=C\C/C=C\C/C=C\C/C=C\C/C=C\CCCCCC(=O)NC(CO)C(O)/C=C/CC/C=C/CC/C=C/CCCCCCCCCCC. The maximum absolute atomic E-state index is 12.3. The number of nitrogens with one attached hydrogen (secondary N) is 1. The maximum Gasteiger partial charge on any atom is 0.220 e. The second kappa shape index (κ2) is 40.7. The van der Waals surface area contributed by atoms with Gasteiger partial charge in [-0.05, 0) is 89.9 Å². The minimum atomic E-state index is -0.890. The number of aliphatic hydroxyl groups is 2. The number of amides is 1. The highest BCUT2D eigenvalue weighted by Crippen LogP contribution is 2.11. The second-order valence-corrected chi connectivity index (χ2v) is 13.3. The van der Waals surface area contributed by atoms with E-state index < -0.39 is 12.1 Å². The highest BCUT2D eigenvalue weighted by molar-refractivity contribution is 5.76. The summed E-state index contributed by atoms with van der Waals surface area (Å²) < 4.78 is 0. The van der Waals surface area contributed by atoms with E-state index in [-0.39, 0.29) is 12.5 Å².